The van der Waals surface area contributed by atoms with Gasteiger partial charge in [-0.15, -0.1) is 0 Å². The van der Waals surface area contributed by atoms with E-state index in [2.05, 4.69) is 182 Å². The van der Waals surface area contributed by atoms with E-state index in [1.165, 1.54) is 76.5 Å². The summed E-state index contributed by atoms with van der Waals surface area (Å²) in [6.45, 7) is 0. The highest BCUT2D eigenvalue weighted by molar-refractivity contribution is 8.96. The summed E-state index contributed by atoms with van der Waals surface area (Å²) in [7, 11) is -3.24. The van der Waals surface area contributed by atoms with E-state index in [-0.39, 0.29) is 0 Å². The van der Waals surface area contributed by atoms with Gasteiger partial charge in [0.05, 0.1) is 0 Å². The monoisotopic (exact) mass is 816 g/mol. The SMILES string of the molecule is c1ccc(P2CCCCCCCCCCCCP(c3ccccc3)P(c3ccccc3)P(c3ccccc3)P(c3ccccc3)P2c2ccccc2)cc1. The Labute approximate surface area is 333 Å². The highest BCUT2D eigenvalue weighted by Crippen LogP contribution is 3.05. The van der Waals surface area contributed by atoms with Gasteiger partial charge in [0.2, 0.25) is 0 Å². The van der Waals surface area contributed by atoms with Crippen LogP contribution >= 0.6 is 44.4 Å². The van der Waals surface area contributed by atoms with Crippen LogP contribution in [0.2, 0.25) is 0 Å². The average molecular weight is 817 g/mol. The summed E-state index contributed by atoms with van der Waals surface area (Å²) in [6, 6.07) is 71.6. The van der Waals surface area contributed by atoms with E-state index in [0.29, 0.717) is 0 Å². The Kier molecular flexibility index (Phi) is 16.3. The van der Waals surface area contributed by atoms with Crippen LogP contribution in [0.15, 0.2) is 182 Å². The molecule has 6 atom stereocenters. The van der Waals surface area contributed by atoms with Gasteiger partial charge in [0.1, 0.15) is 0 Å². The molecule has 0 saturated carbocycles. The quantitative estimate of drug-likeness (QED) is 0.147. The van der Waals surface area contributed by atoms with Crippen LogP contribution in [0.1, 0.15) is 64.2 Å². The first-order valence-corrected chi connectivity index (χ1v) is 31.9. The molecule has 6 aromatic rings. The smallest absolute Gasteiger partial charge is 0.00600 e. The van der Waals surface area contributed by atoms with E-state index in [1.807, 2.05) is 0 Å². The standard InChI is InChI=1S/C48H54P6/c1-2-4-6-8-28-42-50(44-31-17-10-18-32-44)52(46-35-21-12-22-36-46)54(48-39-25-14-26-40-48)53(47-37-23-13-24-38-47)51(45-33-19-11-20-34-45)49(41-27-7-5-3-1)43-29-15-9-16-30-43/h9-26,29-40H,1-8,27-28,41-42H2. The third kappa shape index (κ3) is 10.8. The topological polar surface area (TPSA) is 0 Å². The van der Waals surface area contributed by atoms with Crippen LogP contribution in [0.25, 0.3) is 0 Å². The molecule has 1 aliphatic rings. The van der Waals surface area contributed by atoms with Gasteiger partial charge in [0.15, 0.2) is 0 Å². The van der Waals surface area contributed by atoms with E-state index in [9.17, 15) is 0 Å². The minimum absolute atomic E-state index is 0.445. The zero-order valence-electron chi connectivity index (χ0n) is 31.5. The van der Waals surface area contributed by atoms with Crippen molar-refractivity contribution < 1.29 is 0 Å². The minimum atomic E-state index is -0.615. The van der Waals surface area contributed by atoms with Crippen LogP contribution in [0.4, 0.5) is 0 Å². The Morgan fingerprint density at radius 3 is 0.667 bits per heavy atom. The Bertz CT molecular complexity index is 1750. The molecule has 1 aliphatic heterocycles. The van der Waals surface area contributed by atoms with E-state index in [1.54, 1.807) is 31.8 Å². The first kappa shape index (κ1) is 40.1. The third-order valence-corrected chi connectivity index (χ3v) is 49.8. The van der Waals surface area contributed by atoms with Crippen molar-refractivity contribution in [3.8, 4) is 0 Å². The van der Waals surface area contributed by atoms with Crippen molar-refractivity contribution in [2.24, 2.45) is 0 Å². The third-order valence-electron chi connectivity index (χ3n) is 10.0. The molecule has 0 aliphatic carbocycles. The maximum atomic E-state index is 2.54. The number of hydrogen-bond donors (Lipinski definition) is 0. The van der Waals surface area contributed by atoms with Crippen molar-refractivity contribution in [2.75, 3.05) is 12.3 Å². The highest BCUT2D eigenvalue weighted by atomic mass is 32.8. The van der Waals surface area contributed by atoms with Crippen molar-refractivity contribution in [1.82, 2.24) is 0 Å². The van der Waals surface area contributed by atoms with Crippen LogP contribution < -0.4 is 31.8 Å². The largest absolute Gasteiger partial charge is 0.0622 e. The summed E-state index contributed by atoms with van der Waals surface area (Å²) in [4.78, 5) is 0. The second-order valence-corrected chi connectivity index (χ2v) is 38.1. The van der Waals surface area contributed by atoms with Crippen molar-refractivity contribution in [3.05, 3.63) is 182 Å². The molecule has 0 spiro atoms. The fraction of sp³-hybridized carbons (Fsp3) is 0.250. The summed E-state index contributed by atoms with van der Waals surface area (Å²) in [5.74, 6) is 0. The fourth-order valence-electron chi connectivity index (χ4n) is 7.35. The van der Waals surface area contributed by atoms with E-state index in [4.69, 9.17) is 0 Å². The summed E-state index contributed by atoms with van der Waals surface area (Å²) in [6.07, 6.45) is 16.4. The first-order valence-electron chi connectivity index (χ1n) is 19.9. The van der Waals surface area contributed by atoms with E-state index >= 15 is 0 Å². The van der Waals surface area contributed by atoms with Crippen molar-refractivity contribution >= 4 is 76.2 Å². The van der Waals surface area contributed by atoms with Gasteiger partial charge in [-0.05, 0) is 101 Å². The second-order valence-electron chi connectivity index (χ2n) is 14.0. The first-order chi connectivity index (χ1) is 26.9. The van der Waals surface area contributed by atoms with Gasteiger partial charge in [-0.3, -0.25) is 0 Å². The van der Waals surface area contributed by atoms with Crippen LogP contribution in [-0.4, -0.2) is 12.3 Å². The molecule has 7 rings (SSSR count). The maximum Gasteiger partial charge on any atom is -0.00600 e. The summed E-state index contributed by atoms with van der Waals surface area (Å²) in [5.41, 5.74) is 0. The van der Waals surface area contributed by atoms with E-state index in [0.717, 1.165) is 0 Å². The van der Waals surface area contributed by atoms with Gasteiger partial charge in [0.25, 0.3) is 0 Å². The minimum Gasteiger partial charge on any atom is -0.0622 e. The predicted octanol–water partition coefficient (Wildman–Crippen LogP) is 14.3. The molecule has 54 heavy (non-hydrogen) atoms. The lowest BCUT2D eigenvalue weighted by Crippen LogP contribution is -2.15. The van der Waals surface area contributed by atoms with Gasteiger partial charge in [0, 0.05) is 0 Å². The van der Waals surface area contributed by atoms with Crippen LogP contribution in [0, 0.1) is 0 Å². The fourth-order valence-corrected chi connectivity index (χ4v) is 63.1. The lowest BCUT2D eigenvalue weighted by Gasteiger charge is -2.45. The lowest BCUT2D eigenvalue weighted by atomic mass is 10.1. The molecular formula is C48H54P6. The molecule has 0 radical (unpaired) electrons. The van der Waals surface area contributed by atoms with Gasteiger partial charge in [-0.25, -0.2) is 0 Å². The number of rotatable bonds is 6. The molecule has 1 fully saturated rings. The van der Waals surface area contributed by atoms with Crippen LogP contribution in [0.5, 0.6) is 0 Å². The molecule has 1 heterocycles. The van der Waals surface area contributed by atoms with Crippen molar-refractivity contribution in [2.45, 2.75) is 64.2 Å². The molecule has 6 unspecified atom stereocenters. The molecule has 276 valence electrons. The normalized spacial score (nSPS) is 23.8. The Balaban J connectivity index is 1.51. The Morgan fingerprint density at radius 2 is 0.407 bits per heavy atom. The highest BCUT2D eigenvalue weighted by Gasteiger charge is 2.44. The summed E-state index contributed by atoms with van der Waals surface area (Å²) in [5, 5.41) is 9.67. The lowest BCUT2D eigenvalue weighted by molar-refractivity contribution is 0.563. The van der Waals surface area contributed by atoms with Gasteiger partial charge in [-0.2, -0.15) is 0 Å². The zero-order chi connectivity index (χ0) is 36.6. The summed E-state index contributed by atoms with van der Waals surface area (Å²) >= 11 is 0. The average Bonchev–Trinajstić information content (AvgIpc) is 3.25. The number of benzene rings is 6. The zero-order valence-corrected chi connectivity index (χ0v) is 36.9. The predicted molar refractivity (Wildman–Crippen MR) is 254 cm³/mol. The van der Waals surface area contributed by atoms with Crippen LogP contribution in [-0.2, 0) is 0 Å². The van der Waals surface area contributed by atoms with Gasteiger partial charge >= 0.3 is 0 Å². The molecule has 0 amide bonds. The second kappa shape index (κ2) is 22.0. The molecule has 0 N–H and O–H groups in total. The molecule has 6 heteroatoms. The van der Waals surface area contributed by atoms with Crippen molar-refractivity contribution in [1.29, 1.82) is 0 Å². The Hall–Kier alpha value is -2.10. The molecular weight excluding hydrogens is 762 g/mol. The summed E-state index contributed by atoms with van der Waals surface area (Å²) < 4.78 is 0. The van der Waals surface area contributed by atoms with Crippen molar-refractivity contribution in [3.63, 3.8) is 0 Å². The molecule has 0 nitrogen and oxygen atoms in total. The van der Waals surface area contributed by atoms with Gasteiger partial charge < -0.3 is 0 Å². The van der Waals surface area contributed by atoms with Crippen LogP contribution in [0.3, 0.4) is 0 Å². The van der Waals surface area contributed by atoms with Gasteiger partial charge in [-0.1, -0.05) is 233 Å². The Morgan fingerprint density at radius 1 is 0.204 bits per heavy atom. The molecule has 1 saturated heterocycles. The number of hydrogen-bond acceptors (Lipinski definition) is 0. The molecule has 0 bridgehead atoms. The van der Waals surface area contributed by atoms with E-state index < -0.39 is 44.4 Å². The molecule has 6 aromatic carbocycles. The maximum absolute atomic E-state index is 2.54. The molecule has 0 aromatic heterocycles.